The first-order chi connectivity index (χ1) is 21.4. The normalized spacial score (nSPS) is 30.2. The number of anilines is 2. The van der Waals surface area contributed by atoms with Crippen LogP contribution in [-0.4, -0.2) is 29.6 Å². The minimum atomic E-state index is -0.647. The van der Waals surface area contributed by atoms with Crippen molar-refractivity contribution in [1.82, 2.24) is 0 Å². The summed E-state index contributed by atoms with van der Waals surface area (Å²) < 4.78 is 5.59. The zero-order valence-electron chi connectivity index (χ0n) is 23.9. The summed E-state index contributed by atoms with van der Waals surface area (Å²) in [5.41, 5.74) is 2.20. The first kappa shape index (κ1) is 26.8. The van der Waals surface area contributed by atoms with Crippen LogP contribution in [0.5, 0.6) is 5.75 Å². The lowest BCUT2D eigenvalue weighted by atomic mass is 9.73. The quantitative estimate of drug-likeness (QED) is 0.174. The van der Waals surface area contributed by atoms with Gasteiger partial charge in [0.2, 0.25) is 23.6 Å². The topological polar surface area (TPSA) is 101 Å². The molecule has 0 aromatic heterocycles. The fourth-order valence-electron chi connectivity index (χ4n) is 8.22. The molecule has 2 saturated heterocycles. The number of allylic oxidation sites excluding steroid dienone is 2. The number of hydrogen-bond acceptors (Lipinski definition) is 6. The van der Waals surface area contributed by atoms with E-state index in [2.05, 4.69) is 24.3 Å². The van der Waals surface area contributed by atoms with Gasteiger partial charge in [0.15, 0.2) is 0 Å². The van der Waals surface area contributed by atoms with Crippen molar-refractivity contribution in [3.8, 4) is 5.75 Å². The van der Waals surface area contributed by atoms with Crippen molar-refractivity contribution in [2.75, 3.05) is 9.80 Å². The lowest BCUT2D eigenvalue weighted by molar-refractivity contribution is -0.124. The second-order valence-corrected chi connectivity index (χ2v) is 12.6. The van der Waals surface area contributed by atoms with Gasteiger partial charge in [0.1, 0.15) is 5.75 Å². The summed E-state index contributed by atoms with van der Waals surface area (Å²) in [6, 6.07) is 22.8. The van der Waals surface area contributed by atoms with Crippen molar-refractivity contribution in [3.63, 3.8) is 0 Å². The number of hydrogen-bond donors (Lipinski definition) is 0. The highest BCUT2D eigenvalue weighted by Gasteiger charge is 2.59. The van der Waals surface area contributed by atoms with E-state index >= 15 is 0 Å². The summed E-state index contributed by atoms with van der Waals surface area (Å²) in [5, 5.41) is 0. The Bertz CT molecular complexity index is 1720. The molecule has 8 nitrogen and oxygen atoms in total. The number of esters is 1. The monoisotopic (exact) mass is 586 g/mol. The van der Waals surface area contributed by atoms with E-state index in [1.54, 1.807) is 42.5 Å². The maximum absolute atomic E-state index is 13.5. The molecular weight excluding hydrogens is 556 g/mol. The van der Waals surface area contributed by atoms with Crippen molar-refractivity contribution >= 4 is 41.0 Å². The number of rotatable bonds is 5. The second-order valence-electron chi connectivity index (χ2n) is 12.6. The maximum Gasteiger partial charge on any atom is 0.343 e. The van der Waals surface area contributed by atoms with Crippen LogP contribution in [0.4, 0.5) is 11.4 Å². The Morgan fingerprint density at radius 1 is 0.636 bits per heavy atom. The van der Waals surface area contributed by atoms with Gasteiger partial charge in [0, 0.05) is 0 Å². The van der Waals surface area contributed by atoms with Gasteiger partial charge in [-0.1, -0.05) is 48.6 Å². The largest absolute Gasteiger partial charge is 0.423 e. The van der Waals surface area contributed by atoms with Crippen LogP contribution in [0, 0.1) is 35.5 Å². The van der Waals surface area contributed by atoms with Crippen molar-refractivity contribution in [2.45, 2.75) is 31.6 Å². The summed E-state index contributed by atoms with van der Waals surface area (Å²) in [5.74, 6) is -1.98. The molecule has 2 saturated carbocycles. The molecule has 4 amide bonds. The predicted molar refractivity (Wildman–Crippen MR) is 161 cm³/mol. The molecule has 2 bridgehead atoms. The SMILES string of the molecule is O=C(Oc1ccc(N2C(=O)[C@@H]3[C@H](C2=O)[C@H]2C=C[C@H]3C2)cc1)c1cccc(N2C(=O)[C@H]3CC[C@H](c4ccccc4)C[C@H]3C2=O)c1. The van der Waals surface area contributed by atoms with E-state index in [1.165, 1.54) is 21.4 Å². The van der Waals surface area contributed by atoms with Crippen LogP contribution in [0.25, 0.3) is 0 Å². The molecule has 5 aliphatic rings. The van der Waals surface area contributed by atoms with Gasteiger partial charge in [0.05, 0.1) is 40.6 Å². The summed E-state index contributed by atoms with van der Waals surface area (Å²) in [4.78, 5) is 68.8. The number of fused-ring (bicyclic) bond motifs is 6. The molecule has 3 aliphatic carbocycles. The fraction of sp³-hybridized carbons (Fsp3) is 0.306. The van der Waals surface area contributed by atoms with Gasteiger partial charge in [-0.05, 0) is 91.5 Å². The lowest BCUT2D eigenvalue weighted by Gasteiger charge is -2.28. The Kier molecular flexibility index (Phi) is 6.15. The number of carbonyl (C=O) groups is 5. The first-order valence-electron chi connectivity index (χ1n) is 15.3. The highest BCUT2D eigenvalue weighted by atomic mass is 16.5. The Hall–Kier alpha value is -4.85. The molecule has 8 rings (SSSR count). The van der Waals surface area contributed by atoms with E-state index < -0.39 is 5.97 Å². The Balaban J connectivity index is 0.959. The van der Waals surface area contributed by atoms with Gasteiger partial charge < -0.3 is 4.74 Å². The van der Waals surface area contributed by atoms with Crippen molar-refractivity contribution < 1.29 is 28.7 Å². The smallest absolute Gasteiger partial charge is 0.343 e. The third-order valence-corrected chi connectivity index (χ3v) is 10.3. The van der Waals surface area contributed by atoms with Crippen LogP contribution in [0.15, 0.2) is 91.0 Å². The molecule has 220 valence electrons. The molecule has 0 spiro atoms. The highest BCUT2D eigenvalue weighted by Crippen LogP contribution is 2.53. The molecule has 2 heterocycles. The van der Waals surface area contributed by atoms with Crippen LogP contribution in [0.2, 0.25) is 0 Å². The van der Waals surface area contributed by atoms with Crippen LogP contribution < -0.4 is 14.5 Å². The molecule has 3 aromatic rings. The van der Waals surface area contributed by atoms with E-state index in [9.17, 15) is 24.0 Å². The average Bonchev–Trinajstić information content (AvgIpc) is 3.80. The van der Waals surface area contributed by atoms with Gasteiger partial charge in [-0.2, -0.15) is 0 Å². The minimum Gasteiger partial charge on any atom is -0.423 e. The lowest BCUT2D eigenvalue weighted by Crippen LogP contribution is -2.32. The van der Waals surface area contributed by atoms with Crippen LogP contribution in [0.1, 0.15) is 47.5 Å². The molecule has 0 radical (unpaired) electrons. The standard InChI is InChI=1S/C36H30N2O6/c39-32-28-16-11-21(20-5-2-1-3-6-20)19-29(28)33(40)38(32)26-8-4-7-24(18-26)36(43)44-27-14-12-25(13-15-27)37-34(41)30-22-9-10-23(17-22)31(30)35(37)42/h1-10,12-15,18,21-23,28-31H,11,16-17,19H2/t21-,22-,23-,28-,29+,30-,31+/m0/s1. The number of nitrogens with zero attached hydrogens (tertiary/aromatic N) is 2. The maximum atomic E-state index is 13.5. The molecule has 0 unspecified atom stereocenters. The van der Waals surface area contributed by atoms with Gasteiger partial charge in [-0.15, -0.1) is 0 Å². The molecule has 8 heteroatoms. The van der Waals surface area contributed by atoms with E-state index in [4.69, 9.17) is 4.74 Å². The molecular formula is C36H30N2O6. The predicted octanol–water partition coefficient (Wildman–Crippen LogP) is 5.29. The Morgan fingerprint density at radius 3 is 2.00 bits per heavy atom. The summed E-state index contributed by atoms with van der Waals surface area (Å²) in [6.45, 7) is 0. The molecule has 2 aliphatic heterocycles. The van der Waals surface area contributed by atoms with E-state index in [-0.39, 0.29) is 76.4 Å². The zero-order valence-corrected chi connectivity index (χ0v) is 23.9. The number of carbonyl (C=O) groups excluding carboxylic acids is 5. The first-order valence-corrected chi connectivity index (χ1v) is 15.3. The number of imide groups is 2. The van der Waals surface area contributed by atoms with E-state index in [0.717, 1.165) is 12.8 Å². The number of benzene rings is 3. The van der Waals surface area contributed by atoms with E-state index in [0.29, 0.717) is 24.2 Å². The number of amides is 4. The van der Waals surface area contributed by atoms with Gasteiger partial charge in [0.25, 0.3) is 0 Å². The number of ether oxygens (including phenoxy) is 1. The third-order valence-electron chi connectivity index (χ3n) is 10.3. The minimum absolute atomic E-state index is 0.129. The third kappa shape index (κ3) is 4.08. The van der Waals surface area contributed by atoms with E-state index in [1.807, 2.05) is 18.2 Å². The van der Waals surface area contributed by atoms with Gasteiger partial charge in [-0.3, -0.25) is 29.0 Å². The zero-order chi connectivity index (χ0) is 30.1. The fourth-order valence-corrected chi connectivity index (χ4v) is 8.22. The molecule has 4 fully saturated rings. The van der Waals surface area contributed by atoms with Gasteiger partial charge >= 0.3 is 5.97 Å². The Labute approximate surface area is 254 Å². The van der Waals surface area contributed by atoms with Crippen LogP contribution in [0.3, 0.4) is 0 Å². The Morgan fingerprint density at radius 2 is 1.30 bits per heavy atom. The summed E-state index contributed by atoms with van der Waals surface area (Å²) >= 11 is 0. The van der Waals surface area contributed by atoms with Crippen LogP contribution >= 0.6 is 0 Å². The molecule has 3 aromatic carbocycles. The second kappa shape index (κ2) is 10.1. The van der Waals surface area contributed by atoms with Crippen LogP contribution in [-0.2, 0) is 19.2 Å². The summed E-state index contributed by atoms with van der Waals surface area (Å²) in [6.07, 6.45) is 7.11. The van der Waals surface area contributed by atoms with Crippen molar-refractivity contribution in [3.05, 3.63) is 102 Å². The molecule has 7 atom stereocenters. The summed E-state index contributed by atoms with van der Waals surface area (Å²) in [7, 11) is 0. The average molecular weight is 587 g/mol. The highest BCUT2D eigenvalue weighted by molar-refractivity contribution is 6.23. The van der Waals surface area contributed by atoms with Crippen molar-refractivity contribution in [1.29, 1.82) is 0 Å². The van der Waals surface area contributed by atoms with Gasteiger partial charge in [-0.25, -0.2) is 4.79 Å². The molecule has 0 N–H and O–H groups in total. The molecule has 44 heavy (non-hydrogen) atoms. The van der Waals surface area contributed by atoms with Crippen molar-refractivity contribution in [2.24, 2.45) is 35.5 Å².